The van der Waals surface area contributed by atoms with Gasteiger partial charge in [0.25, 0.3) is 11.5 Å². The van der Waals surface area contributed by atoms with Gasteiger partial charge in [-0.2, -0.15) is 0 Å². The van der Waals surface area contributed by atoms with Gasteiger partial charge < -0.3 is 9.47 Å². The topological polar surface area (TPSA) is 59.6 Å². The molecule has 0 atom stereocenters. The van der Waals surface area contributed by atoms with Crippen LogP contribution in [0.4, 0.5) is 5.69 Å². The molecule has 28 heavy (non-hydrogen) atoms. The molecule has 4 aromatic rings. The fourth-order valence-corrected chi connectivity index (χ4v) is 3.56. The van der Waals surface area contributed by atoms with Gasteiger partial charge >= 0.3 is 0 Å². The molecule has 6 nitrogen and oxygen atoms in total. The normalized spacial score (nSPS) is 11.3. The number of amides is 1. The van der Waals surface area contributed by atoms with Crippen molar-refractivity contribution in [1.29, 1.82) is 0 Å². The summed E-state index contributed by atoms with van der Waals surface area (Å²) in [6.45, 7) is 6.39. The summed E-state index contributed by atoms with van der Waals surface area (Å²) in [5.74, 6) is -0.154. The fraction of sp³-hybridized carbons (Fsp3) is 0.227. The molecule has 0 aliphatic rings. The molecule has 1 aromatic carbocycles. The molecule has 6 heteroatoms. The van der Waals surface area contributed by atoms with Gasteiger partial charge in [-0.1, -0.05) is 18.2 Å². The summed E-state index contributed by atoms with van der Waals surface area (Å²) >= 11 is 0. The van der Waals surface area contributed by atoms with E-state index in [1.165, 1.54) is 4.40 Å². The largest absolute Gasteiger partial charge is 0.324 e. The number of hydrogen-bond donors (Lipinski definition) is 0. The van der Waals surface area contributed by atoms with Gasteiger partial charge in [0.05, 0.1) is 5.39 Å². The molecule has 0 bridgehead atoms. The summed E-state index contributed by atoms with van der Waals surface area (Å²) in [5, 5.41) is 0.439. The molecule has 3 heterocycles. The number of pyridine rings is 1. The highest BCUT2D eigenvalue weighted by molar-refractivity contribution is 6.07. The van der Waals surface area contributed by atoms with Crippen LogP contribution in [0, 0.1) is 13.8 Å². The minimum absolute atomic E-state index is 0.154. The number of aromatic nitrogens is 3. The second-order valence-corrected chi connectivity index (χ2v) is 7.07. The van der Waals surface area contributed by atoms with Crippen molar-refractivity contribution >= 4 is 28.3 Å². The van der Waals surface area contributed by atoms with Crippen molar-refractivity contribution in [3.05, 3.63) is 75.8 Å². The van der Waals surface area contributed by atoms with Gasteiger partial charge in [0.2, 0.25) is 0 Å². The number of nitrogens with zero attached hydrogens (tertiary/aromatic N) is 4. The lowest BCUT2D eigenvalue weighted by molar-refractivity contribution is 0.0981. The van der Waals surface area contributed by atoms with Crippen molar-refractivity contribution in [1.82, 2.24) is 14.0 Å². The smallest absolute Gasteiger partial charge is 0.274 e. The Kier molecular flexibility index (Phi) is 4.26. The van der Waals surface area contributed by atoms with E-state index in [1.54, 1.807) is 28.8 Å². The quantitative estimate of drug-likeness (QED) is 0.552. The fourth-order valence-electron chi connectivity index (χ4n) is 3.56. The van der Waals surface area contributed by atoms with Gasteiger partial charge in [0.15, 0.2) is 0 Å². The first kappa shape index (κ1) is 18.0. The van der Waals surface area contributed by atoms with Gasteiger partial charge in [-0.3, -0.25) is 14.0 Å². The van der Waals surface area contributed by atoms with Crippen LogP contribution < -0.4 is 10.5 Å². The Balaban J connectivity index is 1.89. The minimum Gasteiger partial charge on any atom is -0.324 e. The Morgan fingerprint density at radius 3 is 2.61 bits per heavy atom. The molecule has 0 N–H and O–H groups in total. The Morgan fingerprint density at radius 1 is 1.11 bits per heavy atom. The van der Waals surface area contributed by atoms with E-state index in [0.717, 1.165) is 16.8 Å². The summed E-state index contributed by atoms with van der Waals surface area (Å²) in [7, 11) is 1.77. The molecular formula is C22H22N4O2. The van der Waals surface area contributed by atoms with E-state index in [-0.39, 0.29) is 11.5 Å². The highest BCUT2D eigenvalue weighted by Gasteiger charge is 2.22. The Labute approximate surface area is 162 Å². The maximum Gasteiger partial charge on any atom is 0.274 e. The van der Waals surface area contributed by atoms with Gasteiger partial charge in [0.1, 0.15) is 17.0 Å². The van der Waals surface area contributed by atoms with Crippen molar-refractivity contribution < 1.29 is 4.79 Å². The summed E-state index contributed by atoms with van der Waals surface area (Å²) in [6, 6.07) is 13.2. The number of rotatable bonds is 3. The summed E-state index contributed by atoms with van der Waals surface area (Å²) in [5.41, 5.74) is 4.24. The van der Waals surface area contributed by atoms with Crippen LogP contribution in [-0.2, 0) is 7.05 Å². The molecular weight excluding hydrogens is 352 g/mol. The average Bonchev–Trinajstić information content (AvgIpc) is 3.00. The maximum atomic E-state index is 13.3. The highest BCUT2D eigenvalue weighted by atomic mass is 16.2. The van der Waals surface area contributed by atoms with E-state index in [2.05, 4.69) is 4.98 Å². The molecule has 0 saturated heterocycles. The van der Waals surface area contributed by atoms with Gasteiger partial charge in [-0.25, -0.2) is 4.98 Å². The molecule has 0 aliphatic carbocycles. The number of benzene rings is 1. The first-order valence-corrected chi connectivity index (χ1v) is 9.27. The molecule has 142 valence electrons. The molecule has 4 rings (SSSR count). The van der Waals surface area contributed by atoms with Gasteiger partial charge in [-0.15, -0.1) is 0 Å². The molecule has 1 amide bonds. The average molecular weight is 374 g/mol. The number of carbonyl (C=O) groups excluding carboxylic acids is 1. The van der Waals surface area contributed by atoms with Crippen LogP contribution in [0.3, 0.4) is 0 Å². The van der Waals surface area contributed by atoms with Crippen LogP contribution in [0.15, 0.2) is 53.5 Å². The lowest BCUT2D eigenvalue weighted by Crippen LogP contribution is -2.32. The minimum atomic E-state index is -0.169. The Hall–Kier alpha value is -3.41. The van der Waals surface area contributed by atoms with E-state index in [9.17, 15) is 9.59 Å². The lowest BCUT2D eigenvalue weighted by Gasteiger charge is -2.21. The number of aryl methyl sites for hydroxylation is 3. The van der Waals surface area contributed by atoms with Crippen LogP contribution >= 0.6 is 0 Å². The Bertz CT molecular complexity index is 1280. The first-order chi connectivity index (χ1) is 13.4. The van der Waals surface area contributed by atoms with E-state index >= 15 is 0 Å². The van der Waals surface area contributed by atoms with Gasteiger partial charge in [-0.05, 0) is 56.2 Å². The molecule has 0 radical (unpaired) electrons. The van der Waals surface area contributed by atoms with Crippen LogP contribution in [0.1, 0.15) is 28.5 Å². The first-order valence-electron chi connectivity index (χ1n) is 9.27. The zero-order chi connectivity index (χ0) is 20.0. The van der Waals surface area contributed by atoms with E-state index in [1.807, 2.05) is 57.2 Å². The zero-order valence-electron chi connectivity index (χ0n) is 16.4. The molecule has 0 aliphatic heterocycles. The third-order valence-electron chi connectivity index (χ3n) is 5.04. The number of carbonyl (C=O) groups is 1. The second kappa shape index (κ2) is 6.64. The molecule has 3 aromatic heterocycles. The van der Waals surface area contributed by atoms with E-state index in [0.29, 0.717) is 28.9 Å². The van der Waals surface area contributed by atoms with Crippen LogP contribution in [0.5, 0.6) is 0 Å². The molecule has 0 spiro atoms. The number of anilines is 1. The zero-order valence-corrected chi connectivity index (χ0v) is 16.4. The molecule has 0 fully saturated rings. The predicted molar refractivity (Wildman–Crippen MR) is 111 cm³/mol. The van der Waals surface area contributed by atoms with E-state index in [4.69, 9.17) is 0 Å². The van der Waals surface area contributed by atoms with Crippen LogP contribution in [-0.4, -0.2) is 26.4 Å². The summed E-state index contributed by atoms with van der Waals surface area (Å²) < 4.78 is 3.24. The van der Waals surface area contributed by atoms with Crippen molar-refractivity contribution in [3.63, 3.8) is 0 Å². The van der Waals surface area contributed by atoms with Crippen LogP contribution in [0.25, 0.3) is 16.7 Å². The highest BCUT2D eigenvalue weighted by Crippen LogP contribution is 2.21. The summed E-state index contributed by atoms with van der Waals surface area (Å²) in [6.07, 6.45) is 1.77. The summed E-state index contributed by atoms with van der Waals surface area (Å²) in [4.78, 5) is 32.6. The third kappa shape index (κ3) is 2.78. The van der Waals surface area contributed by atoms with Crippen molar-refractivity contribution in [3.8, 4) is 0 Å². The third-order valence-corrected chi connectivity index (χ3v) is 5.04. The Morgan fingerprint density at radius 2 is 1.89 bits per heavy atom. The van der Waals surface area contributed by atoms with Crippen molar-refractivity contribution in [2.45, 2.75) is 20.8 Å². The SMILES string of the molecule is CCN(C(=O)c1cc2c(=O)n3cc(C)ccc3nc2n1C)c1cccc(C)c1. The van der Waals surface area contributed by atoms with Crippen molar-refractivity contribution in [2.24, 2.45) is 7.05 Å². The van der Waals surface area contributed by atoms with Gasteiger partial charge in [0, 0.05) is 25.5 Å². The van der Waals surface area contributed by atoms with Crippen molar-refractivity contribution in [2.75, 3.05) is 11.4 Å². The number of hydrogen-bond acceptors (Lipinski definition) is 3. The lowest BCUT2D eigenvalue weighted by atomic mass is 10.2. The standard InChI is InChI=1S/C22H22N4O2/c1-5-25(16-8-6-7-14(2)11-16)22(28)18-12-17-20(24(18)4)23-19-10-9-15(3)13-26(19)21(17)27/h6-13H,5H2,1-4H3. The maximum absolute atomic E-state index is 13.3. The monoisotopic (exact) mass is 374 g/mol. The molecule has 0 unspecified atom stereocenters. The van der Waals surface area contributed by atoms with E-state index < -0.39 is 0 Å². The molecule has 0 saturated carbocycles. The van der Waals surface area contributed by atoms with Crippen LogP contribution in [0.2, 0.25) is 0 Å². The predicted octanol–water partition coefficient (Wildman–Crippen LogP) is 3.47. The second-order valence-electron chi connectivity index (χ2n) is 7.07. The number of fused-ring (bicyclic) bond motifs is 2.